The molecule has 0 spiro atoms. The van der Waals surface area contributed by atoms with Crippen LogP contribution in [-0.4, -0.2) is 96.7 Å². The third-order valence-corrected chi connectivity index (χ3v) is 21.0. The van der Waals surface area contributed by atoms with Gasteiger partial charge in [-0.2, -0.15) is 0 Å². The SMILES string of the molecule is CCCCCCCCCCCC(=O)OC[C@H](COP(=O)(O)OC[C@H](O)COP(=O)(O)OC[C@@H](COC(=O)CCCCCCCCCCCCCCCCCCCCC(C)C)OC(=O)CCCCCCCCCCCCCCCCCCCCC(C)C)OC(=O)CCCCCCCCCC(C)C. The summed E-state index contributed by atoms with van der Waals surface area (Å²) in [6, 6.07) is 0. The third-order valence-electron chi connectivity index (χ3n) is 19.1. The van der Waals surface area contributed by atoms with Gasteiger partial charge in [0.2, 0.25) is 0 Å². The lowest BCUT2D eigenvalue weighted by Crippen LogP contribution is -2.30. The molecular weight excluding hydrogens is 1320 g/mol. The summed E-state index contributed by atoms with van der Waals surface area (Å²) in [4.78, 5) is 72.9. The van der Waals surface area contributed by atoms with E-state index in [1.807, 2.05) is 0 Å². The minimum absolute atomic E-state index is 0.104. The predicted molar refractivity (Wildman–Crippen MR) is 414 cm³/mol. The first-order valence-corrected chi connectivity index (χ1v) is 45.3. The highest BCUT2D eigenvalue weighted by molar-refractivity contribution is 7.47. The lowest BCUT2D eigenvalue weighted by Gasteiger charge is -2.21. The van der Waals surface area contributed by atoms with Gasteiger partial charge in [-0.1, -0.05) is 376 Å². The number of unbranched alkanes of at least 4 members (excludes halogenated alkanes) is 48. The van der Waals surface area contributed by atoms with Gasteiger partial charge in [0.05, 0.1) is 26.4 Å². The molecule has 600 valence electrons. The molecule has 0 aliphatic heterocycles. The van der Waals surface area contributed by atoms with E-state index in [0.29, 0.717) is 31.6 Å². The minimum Gasteiger partial charge on any atom is -0.462 e. The van der Waals surface area contributed by atoms with Crippen molar-refractivity contribution >= 4 is 39.5 Å². The number of esters is 4. The monoisotopic (exact) mass is 1480 g/mol. The van der Waals surface area contributed by atoms with Crippen LogP contribution in [0.25, 0.3) is 0 Å². The van der Waals surface area contributed by atoms with Crippen molar-refractivity contribution in [3.8, 4) is 0 Å². The average Bonchev–Trinajstić information content (AvgIpc) is 0.997. The van der Waals surface area contributed by atoms with Crippen LogP contribution in [0.1, 0.15) is 427 Å². The third kappa shape index (κ3) is 76.1. The number of ether oxygens (including phenoxy) is 4. The first-order chi connectivity index (χ1) is 48.7. The van der Waals surface area contributed by atoms with Crippen molar-refractivity contribution in [3.63, 3.8) is 0 Å². The zero-order valence-corrected chi connectivity index (χ0v) is 68.2. The molecule has 0 saturated carbocycles. The molecule has 0 rings (SSSR count). The van der Waals surface area contributed by atoms with Crippen molar-refractivity contribution in [2.24, 2.45) is 17.8 Å². The van der Waals surface area contributed by atoms with E-state index in [0.717, 1.165) is 102 Å². The molecule has 0 saturated heterocycles. The Bertz CT molecular complexity index is 1960. The summed E-state index contributed by atoms with van der Waals surface area (Å²) in [6.07, 6.45) is 61.4. The van der Waals surface area contributed by atoms with Gasteiger partial charge in [0.15, 0.2) is 12.2 Å². The summed E-state index contributed by atoms with van der Waals surface area (Å²) in [5.74, 6) is 0.225. The Morgan fingerprint density at radius 3 is 0.673 bits per heavy atom. The highest BCUT2D eigenvalue weighted by atomic mass is 31.2. The van der Waals surface area contributed by atoms with Gasteiger partial charge < -0.3 is 33.8 Å². The van der Waals surface area contributed by atoms with Crippen LogP contribution in [0.4, 0.5) is 0 Å². The first-order valence-electron chi connectivity index (χ1n) is 42.3. The van der Waals surface area contributed by atoms with Gasteiger partial charge in [0, 0.05) is 25.7 Å². The second kappa shape index (κ2) is 72.3. The molecule has 3 N–H and O–H groups in total. The molecule has 2 unspecified atom stereocenters. The summed E-state index contributed by atoms with van der Waals surface area (Å²) in [7, 11) is -9.92. The molecule has 0 aliphatic carbocycles. The normalized spacial score (nSPS) is 14.0. The summed E-state index contributed by atoms with van der Waals surface area (Å²) in [6.45, 7) is 11.9. The fraction of sp³-hybridized carbons (Fsp3) is 0.951. The minimum atomic E-state index is -4.96. The number of phosphoric acid groups is 2. The maximum Gasteiger partial charge on any atom is 0.472 e. The number of hydrogen-bond donors (Lipinski definition) is 3. The zero-order valence-electron chi connectivity index (χ0n) is 66.4. The Labute approximate surface area is 619 Å². The van der Waals surface area contributed by atoms with E-state index in [1.165, 1.54) is 238 Å². The Morgan fingerprint density at radius 1 is 0.267 bits per heavy atom. The number of carbonyl (C=O) groups excluding carboxylic acids is 4. The maximum absolute atomic E-state index is 13.1. The molecule has 0 amide bonds. The van der Waals surface area contributed by atoms with Crippen molar-refractivity contribution in [1.82, 2.24) is 0 Å². The number of aliphatic hydroxyl groups excluding tert-OH is 1. The van der Waals surface area contributed by atoms with Gasteiger partial charge in [-0.05, 0) is 43.4 Å². The van der Waals surface area contributed by atoms with Gasteiger partial charge >= 0.3 is 39.5 Å². The van der Waals surface area contributed by atoms with E-state index < -0.39 is 97.5 Å². The van der Waals surface area contributed by atoms with Gasteiger partial charge in [-0.25, -0.2) is 9.13 Å². The van der Waals surface area contributed by atoms with Crippen LogP contribution in [0.15, 0.2) is 0 Å². The Morgan fingerprint density at radius 2 is 0.455 bits per heavy atom. The van der Waals surface area contributed by atoms with Crippen molar-refractivity contribution in [2.45, 2.75) is 446 Å². The molecule has 0 heterocycles. The van der Waals surface area contributed by atoms with Gasteiger partial charge in [0.25, 0.3) is 0 Å². The molecular formula is C82H160O17P2. The number of carbonyl (C=O) groups is 4. The van der Waals surface area contributed by atoms with Crippen molar-refractivity contribution in [2.75, 3.05) is 39.6 Å². The Hall–Kier alpha value is -1.94. The summed E-state index contributed by atoms with van der Waals surface area (Å²) in [5, 5.41) is 10.6. The van der Waals surface area contributed by atoms with Crippen LogP contribution in [0.2, 0.25) is 0 Å². The van der Waals surface area contributed by atoms with Crippen molar-refractivity contribution in [1.29, 1.82) is 0 Å². The molecule has 0 radical (unpaired) electrons. The molecule has 0 aliphatic rings. The molecule has 5 atom stereocenters. The summed E-state index contributed by atoms with van der Waals surface area (Å²) < 4.78 is 68.6. The second-order valence-electron chi connectivity index (χ2n) is 30.9. The second-order valence-corrected chi connectivity index (χ2v) is 33.8. The van der Waals surface area contributed by atoms with Crippen LogP contribution >= 0.6 is 15.6 Å². The highest BCUT2D eigenvalue weighted by Crippen LogP contribution is 2.45. The molecule has 0 aromatic rings. The quantitative estimate of drug-likeness (QED) is 0.0222. The zero-order chi connectivity index (χ0) is 74.4. The topological polar surface area (TPSA) is 237 Å². The molecule has 0 aromatic heterocycles. The molecule has 0 aromatic carbocycles. The van der Waals surface area contributed by atoms with Crippen LogP contribution in [0.3, 0.4) is 0 Å². The molecule has 0 bridgehead atoms. The number of hydrogen-bond acceptors (Lipinski definition) is 15. The van der Waals surface area contributed by atoms with Crippen molar-refractivity contribution < 1.29 is 80.2 Å². The smallest absolute Gasteiger partial charge is 0.462 e. The number of rotatable bonds is 80. The summed E-state index contributed by atoms with van der Waals surface area (Å²) >= 11 is 0. The highest BCUT2D eigenvalue weighted by Gasteiger charge is 2.30. The maximum atomic E-state index is 13.1. The van der Waals surface area contributed by atoms with Gasteiger partial charge in [0.1, 0.15) is 19.3 Å². The molecule has 0 fully saturated rings. The molecule has 101 heavy (non-hydrogen) atoms. The standard InChI is InChI=1S/C82H160O17P2/c1-8-9-10-11-12-33-42-49-56-63-79(84)92-70-78(99-82(87)66-59-52-45-38-41-48-55-62-75(6)7)72-97-101(90,91)95-68-76(83)67-94-100(88,89)96-71-77(98-81(86)65-58-51-44-37-32-28-24-20-16-14-18-22-26-30-35-40-47-54-61-74(4)5)69-93-80(85)64-57-50-43-36-31-27-23-19-15-13-17-21-25-29-34-39-46-53-60-73(2)3/h73-78,83H,8-72H2,1-7H3,(H,88,89)(H,90,91)/t76-,77-,78-/m1/s1. The molecule has 17 nitrogen and oxygen atoms in total. The van der Waals surface area contributed by atoms with Crippen LogP contribution in [-0.2, 0) is 65.4 Å². The van der Waals surface area contributed by atoms with E-state index in [2.05, 4.69) is 48.5 Å². The summed E-state index contributed by atoms with van der Waals surface area (Å²) in [5.41, 5.74) is 0. The lowest BCUT2D eigenvalue weighted by molar-refractivity contribution is -0.161. The van der Waals surface area contributed by atoms with Crippen molar-refractivity contribution in [3.05, 3.63) is 0 Å². The van der Waals surface area contributed by atoms with Crippen LogP contribution in [0, 0.1) is 17.8 Å². The van der Waals surface area contributed by atoms with E-state index in [9.17, 15) is 43.2 Å². The fourth-order valence-corrected chi connectivity index (χ4v) is 14.2. The Kier molecular flexibility index (Phi) is 70.9. The molecule has 19 heteroatoms. The number of phosphoric ester groups is 2. The predicted octanol–water partition coefficient (Wildman–Crippen LogP) is 24.5. The van der Waals surface area contributed by atoms with E-state index in [4.69, 9.17) is 37.0 Å². The van der Waals surface area contributed by atoms with E-state index >= 15 is 0 Å². The number of aliphatic hydroxyl groups is 1. The first kappa shape index (κ1) is 99.1. The van der Waals surface area contributed by atoms with E-state index in [-0.39, 0.29) is 25.7 Å². The van der Waals surface area contributed by atoms with E-state index in [1.54, 1.807) is 0 Å². The van der Waals surface area contributed by atoms with Crippen LogP contribution in [0.5, 0.6) is 0 Å². The average molecular weight is 1480 g/mol. The van der Waals surface area contributed by atoms with Gasteiger partial charge in [-0.3, -0.25) is 37.3 Å². The Balaban J connectivity index is 5.16. The van der Waals surface area contributed by atoms with Crippen LogP contribution < -0.4 is 0 Å². The fourth-order valence-electron chi connectivity index (χ4n) is 12.7. The lowest BCUT2D eigenvalue weighted by atomic mass is 10.0. The largest absolute Gasteiger partial charge is 0.472 e. The van der Waals surface area contributed by atoms with Gasteiger partial charge in [-0.15, -0.1) is 0 Å².